The van der Waals surface area contributed by atoms with Crippen molar-refractivity contribution in [2.24, 2.45) is 11.1 Å². The Morgan fingerprint density at radius 3 is 2.22 bits per heavy atom. The molecule has 2 N–H and O–H groups in total. The first-order chi connectivity index (χ1) is 10.5. The minimum atomic E-state index is -3.73. The van der Waals surface area contributed by atoms with Gasteiger partial charge in [-0.1, -0.05) is 25.4 Å². The number of sulfonamides is 1. The lowest BCUT2D eigenvalue weighted by molar-refractivity contribution is -0.131. The van der Waals surface area contributed by atoms with Gasteiger partial charge in [0.15, 0.2) is 0 Å². The van der Waals surface area contributed by atoms with Gasteiger partial charge in [-0.05, 0) is 36.2 Å². The molecule has 1 rings (SSSR count). The van der Waals surface area contributed by atoms with Gasteiger partial charge in [-0.2, -0.15) is 4.31 Å². The summed E-state index contributed by atoms with van der Waals surface area (Å²) >= 11 is 5.76. The number of rotatable bonds is 7. The van der Waals surface area contributed by atoms with Gasteiger partial charge in [0.05, 0.1) is 11.4 Å². The summed E-state index contributed by atoms with van der Waals surface area (Å²) in [7, 11) is -0.711. The second kappa shape index (κ2) is 7.61. The van der Waals surface area contributed by atoms with E-state index in [1.807, 2.05) is 13.8 Å². The predicted molar refractivity (Wildman–Crippen MR) is 91.7 cm³/mol. The normalized spacial score (nSPS) is 12.5. The third kappa shape index (κ3) is 5.46. The smallest absolute Gasteiger partial charge is 0.243 e. The molecule has 0 aliphatic carbocycles. The van der Waals surface area contributed by atoms with Crippen LogP contribution in [0.15, 0.2) is 29.2 Å². The fourth-order valence-electron chi connectivity index (χ4n) is 1.98. The summed E-state index contributed by atoms with van der Waals surface area (Å²) in [6.07, 6.45) is 0. The number of amides is 1. The van der Waals surface area contributed by atoms with E-state index in [1.165, 1.54) is 36.2 Å². The highest BCUT2D eigenvalue weighted by molar-refractivity contribution is 7.89. The Morgan fingerprint density at radius 1 is 1.22 bits per heavy atom. The summed E-state index contributed by atoms with van der Waals surface area (Å²) < 4.78 is 25.9. The van der Waals surface area contributed by atoms with Crippen LogP contribution in [0.2, 0.25) is 5.02 Å². The molecule has 0 unspecified atom stereocenters. The largest absolute Gasteiger partial charge is 0.344 e. The molecule has 0 saturated heterocycles. The van der Waals surface area contributed by atoms with Crippen LogP contribution in [0.3, 0.4) is 0 Å². The van der Waals surface area contributed by atoms with Gasteiger partial charge in [0, 0.05) is 25.7 Å². The van der Waals surface area contributed by atoms with E-state index in [9.17, 15) is 13.2 Å². The van der Waals surface area contributed by atoms with Gasteiger partial charge >= 0.3 is 0 Å². The van der Waals surface area contributed by atoms with E-state index < -0.39 is 10.0 Å². The molecular weight excluding hydrogens is 338 g/mol. The van der Waals surface area contributed by atoms with Gasteiger partial charge in [-0.15, -0.1) is 0 Å². The molecule has 0 saturated carbocycles. The lowest BCUT2D eigenvalue weighted by Crippen LogP contribution is -2.44. The number of hydrogen-bond acceptors (Lipinski definition) is 4. The zero-order valence-electron chi connectivity index (χ0n) is 13.9. The topological polar surface area (TPSA) is 83.7 Å². The van der Waals surface area contributed by atoms with E-state index in [-0.39, 0.29) is 22.8 Å². The molecular formula is C15H24ClN3O3S. The van der Waals surface area contributed by atoms with Gasteiger partial charge in [-0.3, -0.25) is 4.79 Å². The van der Waals surface area contributed by atoms with Crippen molar-refractivity contribution in [3.05, 3.63) is 29.3 Å². The van der Waals surface area contributed by atoms with Crippen LogP contribution >= 0.6 is 11.6 Å². The first kappa shape index (κ1) is 19.9. The third-order valence-electron chi connectivity index (χ3n) is 3.52. The van der Waals surface area contributed by atoms with Gasteiger partial charge in [0.25, 0.3) is 0 Å². The Hall–Kier alpha value is -1.15. The fraction of sp³-hybridized carbons (Fsp3) is 0.533. The van der Waals surface area contributed by atoms with Crippen molar-refractivity contribution in [2.75, 3.05) is 33.7 Å². The van der Waals surface area contributed by atoms with Crippen LogP contribution < -0.4 is 5.73 Å². The van der Waals surface area contributed by atoms with Gasteiger partial charge < -0.3 is 10.6 Å². The summed E-state index contributed by atoms with van der Waals surface area (Å²) in [5, 5.41) is 0.450. The van der Waals surface area contributed by atoms with Gasteiger partial charge in [-0.25, -0.2) is 8.42 Å². The predicted octanol–water partition coefficient (Wildman–Crippen LogP) is 1.40. The maximum atomic E-state index is 12.4. The van der Waals surface area contributed by atoms with Crippen molar-refractivity contribution >= 4 is 27.5 Å². The lowest BCUT2D eigenvalue weighted by atomic mass is 9.93. The number of carbonyl (C=O) groups is 1. The molecule has 8 heteroatoms. The van der Waals surface area contributed by atoms with E-state index in [4.69, 9.17) is 17.3 Å². The second-order valence-electron chi connectivity index (χ2n) is 6.33. The molecule has 1 aromatic rings. The van der Waals surface area contributed by atoms with Gasteiger partial charge in [0.1, 0.15) is 0 Å². The van der Waals surface area contributed by atoms with Crippen molar-refractivity contribution < 1.29 is 13.2 Å². The lowest BCUT2D eigenvalue weighted by Gasteiger charge is -2.30. The quantitative estimate of drug-likeness (QED) is 0.795. The first-order valence-electron chi connectivity index (χ1n) is 7.15. The van der Waals surface area contributed by atoms with E-state index in [0.717, 1.165) is 4.31 Å². The van der Waals surface area contributed by atoms with E-state index in [1.54, 1.807) is 7.05 Å². The Kier molecular flexibility index (Phi) is 6.59. The van der Waals surface area contributed by atoms with Crippen LogP contribution in [0.5, 0.6) is 0 Å². The minimum absolute atomic E-state index is 0.0992. The number of nitrogens with zero attached hydrogens (tertiary/aromatic N) is 2. The van der Waals surface area contributed by atoms with E-state index >= 15 is 0 Å². The second-order valence-corrected chi connectivity index (χ2v) is 8.81. The fourth-order valence-corrected chi connectivity index (χ4v) is 3.22. The molecule has 1 amide bonds. The average Bonchev–Trinajstić information content (AvgIpc) is 2.47. The molecule has 0 aliphatic heterocycles. The average molecular weight is 362 g/mol. The summed E-state index contributed by atoms with van der Waals surface area (Å²) in [5.74, 6) is -0.286. The molecule has 130 valence electrons. The monoisotopic (exact) mass is 361 g/mol. The Bertz CT molecular complexity index is 644. The number of carbonyl (C=O) groups excluding carboxylic acids is 1. The first-order valence-corrected chi connectivity index (χ1v) is 8.97. The summed E-state index contributed by atoms with van der Waals surface area (Å²) in [6, 6.07) is 5.83. The van der Waals surface area contributed by atoms with Crippen LogP contribution in [0.4, 0.5) is 0 Å². The van der Waals surface area contributed by atoms with E-state index in [0.29, 0.717) is 18.1 Å². The molecule has 1 aromatic carbocycles. The Morgan fingerprint density at radius 2 is 1.74 bits per heavy atom. The van der Waals surface area contributed by atoms with Crippen LogP contribution in [-0.2, 0) is 14.8 Å². The molecule has 0 fully saturated rings. The third-order valence-corrected chi connectivity index (χ3v) is 5.59. The van der Waals surface area contributed by atoms with Crippen LogP contribution in [-0.4, -0.2) is 57.3 Å². The number of halogens is 1. The maximum Gasteiger partial charge on any atom is 0.243 e. The molecule has 0 bridgehead atoms. The Labute approximate surface area is 143 Å². The molecule has 0 heterocycles. The Balaban J connectivity index is 2.79. The standard InChI is InChI=1S/C15H24ClN3O3S/c1-15(2,10-17)11-18(3)14(20)9-19(4)23(21,22)13-7-5-12(16)6-8-13/h5-8H,9-11,17H2,1-4H3. The molecule has 0 radical (unpaired) electrons. The van der Waals surface area contributed by atoms with Crippen LogP contribution in [0.25, 0.3) is 0 Å². The molecule has 0 aromatic heterocycles. The van der Waals surface area contributed by atoms with Crippen molar-refractivity contribution in [3.8, 4) is 0 Å². The molecule has 6 nitrogen and oxygen atoms in total. The highest BCUT2D eigenvalue weighted by Gasteiger charge is 2.26. The summed E-state index contributed by atoms with van der Waals surface area (Å²) in [4.78, 5) is 13.8. The van der Waals surface area contributed by atoms with E-state index in [2.05, 4.69) is 0 Å². The molecule has 23 heavy (non-hydrogen) atoms. The van der Waals surface area contributed by atoms with Crippen molar-refractivity contribution in [1.29, 1.82) is 0 Å². The number of benzene rings is 1. The van der Waals surface area contributed by atoms with Crippen molar-refractivity contribution in [1.82, 2.24) is 9.21 Å². The zero-order chi connectivity index (χ0) is 17.8. The molecule has 0 spiro atoms. The van der Waals surface area contributed by atoms with Crippen molar-refractivity contribution in [3.63, 3.8) is 0 Å². The summed E-state index contributed by atoms with van der Waals surface area (Å²) in [6.45, 7) is 4.55. The highest BCUT2D eigenvalue weighted by atomic mass is 35.5. The minimum Gasteiger partial charge on any atom is -0.344 e. The highest BCUT2D eigenvalue weighted by Crippen LogP contribution is 2.18. The molecule has 0 atom stereocenters. The summed E-state index contributed by atoms with van der Waals surface area (Å²) in [5.41, 5.74) is 5.43. The van der Waals surface area contributed by atoms with Gasteiger partial charge in [0.2, 0.25) is 15.9 Å². The van der Waals surface area contributed by atoms with Crippen LogP contribution in [0.1, 0.15) is 13.8 Å². The zero-order valence-corrected chi connectivity index (χ0v) is 15.5. The number of likely N-dealkylation sites (N-methyl/N-ethyl adjacent to an activating group) is 2. The van der Waals surface area contributed by atoms with Crippen LogP contribution in [0, 0.1) is 5.41 Å². The number of hydrogen-bond donors (Lipinski definition) is 1. The number of nitrogens with two attached hydrogens (primary N) is 1. The molecule has 0 aliphatic rings. The van der Waals surface area contributed by atoms with Crippen molar-refractivity contribution in [2.45, 2.75) is 18.7 Å². The maximum absolute atomic E-state index is 12.4. The SMILES string of the molecule is CN(CC(C)(C)CN)C(=O)CN(C)S(=O)(=O)c1ccc(Cl)cc1.